The topological polar surface area (TPSA) is 81.8 Å². The van der Waals surface area contributed by atoms with E-state index in [0.29, 0.717) is 12.2 Å². The minimum Gasteiger partial charge on any atom is -0.393 e. The summed E-state index contributed by atoms with van der Waals surface area (Å²) >= 11 is 0. The maximum absolute atomic E-state index is 12.5. The van der Waals surface area contributed by atoms with E-state index >= 15 is 0 Å². The molecule has 1 amide bonds. The fraction of sp³-hybridized carbons (Fsp3) is 0.692. The van der Waals surface area contributed by atoms with E-state index in [9.17, 15) is 15.0 Å². The van der Waals surface area contributed by atoms with E-state index in [-0.39, 0.29) is 19.0 Å². The standard InChI is InChI=1S/C13H20N4O3/c1-15-4-3-10-9(5-15)11-12(19)16(2)6-13(20,8-18)7-17(11)14-10/h18,20H,3-8H2,1-2H3. The molecule has 3 rings (SSSR count). The lowest BCUT2D eigenvalue weighted by molar-refractivity contribution is -0.0413. The van der Waals surface area contributed by atoms with Crippen molar-refractivity contribution in [2.45, 2.75) is 25.1 Å². The number of fused-ring (bicyclic) bond motifs is 3. The van der Waals surface area contributed by atoms with Crippen molar-refractivity contribution >= 4 is 5.91 Å². The molecule has 0 aromatic carbocycles. The Bertz CT molecular complexity index is 556. The largest absolute Gasteiger partial charge is 0.393 e. The van der Waals surface area contributed by atoms with Crippen molar-refractivity contribution in [1.82, 2.24) is 19.6 Å². The van der Waals surface area contributed by atoms with Gasteiger partial charge in [-0.05, 0) is 7.05 Å². The van der Waals surface area contributed by atoms with Crippen molar-refractivity contribution in [2.24, 2.45) is 0 Å². The highest BCUT2D eigenvalue weighted by Gasteiger charge is 2.39. The summed E-state index contributed by atoms with van der Waals surface area (Å²) in [7, 11) is 3.66. The molecule has 1 aromatic rings. The highest BCUT2D eigenvalue weighted by atomic mass is 16.3. The van der Waals surface area contributed by atoms with Crippen molar-refractivity contribution in [3.8, 4) is 0 Å². The summed E-state index contributed by atoms with van der Waals surface area (Å²) in [5, 5.41) is 24.3. The van der Waals surface area contributed by atoms with E-state index in [1.807, 2.05) is 7.05 Å². The maximum Gasteiger partial charge on any atom is 0.272 e. The summed E-state index contributed by atoms with van der Waals surface area (Å²) in [5.74, 6) is -0.140. The second kappa shape index (κ2) is 4.54. The summed E-state index contributed by atoms with van der Waals surface area (Å²) in [5.41, 5.74) is 1.11. The van der Waals surface area contributed by atoms with E-state index < -0.39 is 12.2 Å². The normalized spacial score (nSPS) is 27.2. The SMILES string of the molecule is CN1CCc2nn3c(c2C1)C(=O)N(C)CC(O)(CO)C3. The Morgan fingerprint density at radius 3 is 2.80 bits per heavy atom. The summed E-state index contributed by atoms with van der Waals surface area (Å²) in [6.45, 7) is 1.47. The molecule has 7 heteroatoms. The van der Waals surface area contributed by atoms with Crippen LogP contribution in [0.3, 0.4) is 0 Å². The number of β-amino-alcohol motifs (C(OH)–C–C–N with tert-alkyl or cyclic N) is 1. The van der Waals surface area contributed by atoms with Crippen LogP contribution in [0.1, 0.15) is 21.7 Å². The van der Waals surface area contributed by atoms with Crippen molar-refractivity contribution in [3.63, 3.8) is 0 Å². The molecule has 0 fully saturated rings. The molecule has 0 saturated carbocycles. The van der Waals surface area contributed by atoms with E-state index in [1.165, 1.54) is 4.90 Å². The van der Waals surface area contributed by atoms with Gasteiger partial charge in [0.1, 0.15) is 11.3 Å². The molecule has 3 heterocycles. The lowest BCUT2D eigenvalue weighted by Gasteiger charge is -2.27. The van der Waals surface area contributed by atoms with Crippen LogP contribution in [0.25, 0.3) is 0 Å². The fourth-order valence-electron chi connectivity index (χ4n) is 3.04. The van der Waals surface area contributed by atoms with Gasteiger partial charge in [-0.15, -0.1) is 0 Å². The number of hydrogen-bond acceptors (Lipinski definition) is 5. The van der Waals surface area contributed by atoms with Crippen molar-refractivity contribution < 1.29 is 15.0 Å². The van der Waals surface area contributed by atoms with Crippen LogP contribution >= 0.6 is 0 Å². The van der Waals surface area contributed by atoms with E-state index in [4.69, 9.17) is 0 Å². The summed E-state index contributed by atoms with van der Waals surface area (Å²) < 4.78 is 1.58. The lowest BCUT2D eigenvalue weighted by Crippen LogP contribution is -2.46. The van der Waals surface area contributed by atoms with Crippen LogP contribution in [0.5, 0.6) is 0 Å². The lowest BCUT2D eigenvalue weighted by atomic mass is 10.1. The summed E-state index contributed by atoms with van der Waals surface area (Å²) in [6.07, 6.45) is 0.806. The maximum atomic E-state index is 12.5. The fourth-order valence-corrected chi connectivity index (χ4v) is 3.04. The number of hydrogen-bond donors (Lipinski definition) is 2. The van der Waals surface area contributed by atoms with Crippen LogP contribution < -0.4 is 0 Å². The first-order chi connectivity index (χ1) is 9.43. The van der Waals surface area contributed by atoms with Crippen LogP contribution in [-0.2, 0) is 19.5 Å². The molecule has 0 bridgehead atoms. The molecular weight excluding hydrogens is 260 g/mol. The third-order valence-electron chi connectivity index (χ3n) is 4.11. The predicted molar refractivity (Wildman–Crippen MR) is 71.3 cm³/mol. The average Bonchev–Trinajstić information content (AvgIpc) is 2.69. The third-order valence-corrected chi connectivity index (χ3v) is 4.11. The number of amides is 1. The van der Waals surface area contributed by atoms with Gasteiger partial charge in [-0.2, -0.15) is 5.10 Å². The molecule has 1 atom stereocenters. The number of aliphatic hydroxyl groups is 2. The van der Waals surface area contributed by atoms with Gasteiger partial charge >= 0.3 is 0 Å². The summed E-state index contributed by atoms with van der Waals surface area (Å²) in [4.78, 5) is 16.2. The minimum atomic E-state index is -1.34. The van der Waals surface area contributed by atoms with Crippen molar-refractivity contribution in [1.29, 1.82) is 0 Å². The molecule has 1 aromatic heterocycles. The second-order valence-electron chi connectivity index (χ2n) is 5.96. The molecule has 7 nitrogen and oxygen atoms in total. The molecule has 20 heavy (non-hydrogen) atoms. The van der Waals surface area contributed by atoms with Crippen LogP contribution in [-0.4, -0.2) is 75.1 Å². The first kappa shape index (κ1) is 13.5. The molecule has 0 aliphatic carbocycles. The Labute approximate surface area is 117 Å². The molecule has 2 aliphatic rings. The van der Waals surface area contributed by atoms with Gasteiger partial charge in [0, 0.05) is 32.1 Å². The quantitative estimate of drug-likeness (QED) is 0.667. The van der Waals surface area contributed by atoms with Gasteiger partial charge < -0.3 is 20.0 Å². The van der Waals surface area contributed by atoms with Gasteiger partial charge in [-0.3, -0.25) is 9.48 Å². The molecular formula is C13H20N4O3. The number of carbonyl (C=O) groups excluding carboxylic acids is 1. The highest BCUT2D eigenvalue weighted by molar-refractivity contribution is 5.94. The van der Waals surface area contributed by atoms with Gasteiger partial charge in [0.15, 0.2) is 0 Å². The first-order valence-electron chi connectivity index (χ1n) is 6.79. The van der Waals surface area contributed by atoms with Gasteiger partial charge in [0.05, 0.1) is 25.4 Å². The highest BCUT2D eigenvalue weighted by Crippen LogP contribution is 2.26. The molecule has 0 radical (unpaired) electrons. The Morgan fingerprint density at radius 2 is 2.10 bits per heavy atom. The number of rotatable bonds is 1. The smallest absolute Gasteiger partial charge is 0.272 e. The van der Waals surface area contributed by atoms with Gasteiger partial charge in [-0.25, -0.2) is 0 Å². The van der Waals surface area contributed by atoms with E-state index in [1.54, 1.807) is 11.7 Å². The predicted octanol–water partition coefficient (Wildman–Crippen LogP) is -1.32. The molecule has 0 spiro atoms. The average molecular weight is 280 g/mol. The monoisotopic (exact) mass is 280 g/mol. The number of carbonyl (C=O) groups is 1. The number of aliphatic hydroxyl groups excluding tert-OH is 1. The Morgan fingerprint density at radius 1 is 1.35 bits per heavy atom. The van der Waals surface area contributed by atoms with Crippen molar-refractivity contribution in [3.05, 3.63) is 17.0 Å². The zero-order chi connectivity index (χ0) is 14.5. The molecule has 2 N–H and O–H groups in total. The van der Waals surface area contributed by atoms with Gasteiger partial charge in [0.2, 0.25) is 0 Å². The van der Waals surface area contributed by atoms with Gasteiger partial charge in [-0.1, -0.05) is 0 Å². The Balaban J connectivity index is 2.10. The number of likely N-dealkylation sites (N-methyl/N-ethyl adjacent to an activating group) is 2. The van der Waals surface area contributed by atoms with Crippen LogP contribution in [0.2, 0.25) is 0 Å². The zero-order valence-electron chi connectivity index (χ0n) is 11.8. The molecule has 0 saturated heterocycles. The summed E-state index contributed by atoms with van der Waals surface area (Å²) in [6, 6.07) is 0. The van der Waals surface area contributed by atoms with E-state index in [0.717, 1.165) is 24.2 Å². The Hall–Kier alpha value is -1.44. The van der Waals surface area contributed by atoms with Crippen LogP contribution in [0, 0.1) is 0 Å². The van der Waals surface area contributed by atoms with Crippen molar-refractivity contribution in [2.75, 3.05) is 33.8 Å². The van der Waals surface area contributed by atoms with E-state index in [2.05, 4.69) is 10.00 Å². The second-order valence-corrected chi connectivity index (χ2v) is 5.96. The number of aromatic nitrogens is 2. The molecule has 110 valence electrons. The van der Waals surface area contributed by atoms with Crippen LogP contribution in [0.4, 0.5) is 0 Å². The van der Waals surface area contributed by atoms with Gasteiger partial charge in [0.25, 0.3) is 5.91 Å². The molecule has 2 aliphatic heterocycles. The number of nitrogens with zero attached hydrogens (tertiary/aromatic N) is 4. The van der Waals surface area contributed by atoms with Crippen LogP contribution in [0.15, 0.2) is 0 Å². The minimum absolute atomic E-state index is 0.107. The molecule has 1 unspecified atom stereocenters. The Kier molecular flexibility index (Phi) is 3.07. The zero-order valence-corrected chi connectivity index (χ0v) is 11.8. The first-order valence-corrected chi connectivity index (χ1v) is 6.79. The third kappa shape index (κ3) is 2.02.